The number of fused-ring (bicyclic) bond motifs is 11. The van der Waals surface area contributed by atoms with Gasteiger partial charge in [0.05, 0.1) is 16.7 Å². The van der Waals surface area contributed by atoms with Gasteiger partial charge in [0.1, 0.15) is 5.75 Å². The predicted molar refractivity (Wildman–Crippen MR) is 192 cm³/mol. The number of para-hydroxylation sites is 3. The van der Waals surface area contributed by atoms with E-state index in [-0.39, 0.29) is 7.05 Å². The summed E-state index contributed by atoms with van der Waals surface area (Å²) >= 11 is 0. The van der Waals surface area contributed by atoms with Gasteiger partial charge < -0.3 is 14.0 Å². The highest BCUT2D eigenvalue weighted by molar-refractivity contribution is 6.77. The summed E-state index contributed by atoms with van der Waals surface area (Å²) in [6.07, 6.45) is 0. The van der Waals surface area contributed by atoms with Gasteiger partial charge in [-0.3, -0.25) is 0 Å². The SMILES string of the molecule is c1ccc(-n2c3ccccc3c3cc(-c4cccc(-c5ccc6c(c5)OB5c7ccccc7-c7ccccc7N56)c4)ccc32)cc1. The fourth-order valence-corrected chi connectivity index (χ4v) is 7.50. The topological polar surface area (TPSA) is 17.4 Å². The normalized spacial score (nSPS) is 12.9. The fraction of sp³-hybridized carbons (Fsp3) is 0. The largest absolute Gasteiger partial charge is 0.536 e. The van der Waals surface area contributed by atoms with Gasteiger partial charge in [-0.05, 0) is 87.9 Å². The van der Waals surface area contributed by atoms with Crippen LogP contribution in [0.5, 0.6) is 5.75 Å². The Morgan fingerprint density at radius 2 is 1.11 bits per heavy atom. The molecule has 7 aromatic carbocycles. The second kappa shape index (κ2) is 9.75. The Morgan fingerprint density at radius 1 is 0.435 bits per heavy atom. The summed E-state index contributed by atoms with van der Waals surface area (Å²) in [7, 11) is -0.174. The van der Waals surface area contributed by atoms with Crippen molar-refractivity contribution in [1.29, 1.82) is 0 Å². The Morgan fingerprint density at radius 3 is 2.00 bits per heavy atom. The Labute approximate surface area is 267 Å². The highest BCUT2D eigenvalue weighted by Gasteiger charge is 2.44. The molecular formula is C42H27BN2O. The summed E-state index contributed by atoms with van der Waals surface area (Å²) in [5.41, 5.74) is 14.3. The maximum absolute atomic E-state index is 6.72. The van der Waals surface area contributed by atoms with Crippen LogP contribution >= 0.6 is 0 Å². The molecule has 2 aliphatic heterocycles. The summed E-state index contributed by atoms with van der Waals surface area (Å²) < 4.78 is 9.08. The minimum Gasteiger partial charge on any atom is -0.536 e. The van der Waals surface area contributed by atoms with E-state index in [1.54, 1.807) is 0 Å². The third-order valence-corrected chi connectivity index (χ3v) is 9.59. The highest BCUT2D eigenvalue weighted by atomic mass is 16.5. The molecule has 0 N–H and O–H groups in total. The molecule has 0 bridgehead atoms. The van der Waals surface area contributed by atoms with E-state index >= 15 is 0 Å². The first-order chi connectivity index (χ1) is 22.8. The van der Waals surface area contributed by atoms with E-state index in [4.69, 9.17) is 4.65 Å². The maximum Gasteiger partial charge on any atom is 0.524 e. The lowest BCUT2D eigenvalue weighted by atomic mass is 9.65. The summed E-state index contributed by atoms with van der Waals surface area (Å²) in [6, 6.07) is 58.9. The van der Waals surface area contributed by atoms with Gasteiger partial charge >= 0.3 is 7.05 Å². The van der Waals surface area contributed by atoms with Crippen LogP contribution in [0.3, 0.4) is 0 Å². The van der Waals surface area contributed by atoms with E-state index in [1.807, 2.05) is 0 Å². The van der Waals surface area contributed by atoms with Gasteiger partial charge in [-0.1, -0.05) is 109 Å². The monoisotopic (exact) mass is 586 g/mol. The lowest BCUT2D eigenvalue weighted by molar-refractivity contribution is 0.603. The smallest absolute Gasteiger partial charge is 0.524 e. The molecule has 2 aliphatic rings. The van der Waals surface area contributed by atoms with E-state index in [2.05, 4.69) is 173 Å². The van der Waals surface area contributed by atoms with Gasteiger partial charge in [0, 0.05) is 27.7 Å². The molecule has 3 nitrogen and oxygen atoms in total. The molecule has 4 heteroatoms. The molecule has 46 heavy (non-hydrogen) atoms. The molecule has 10 rings (SSSR count). The first kappa shape index (κ1) is 25.3. The summed E-state index contributed by atoms with van der Waals surface area (Å²) in [6.45, 7) is 0. The Bertz CT molecular complexity index is 2480. The van der Waals surface area contributed by atoms with Crippen LogP contribution in [0.2, 0.25) is 0 Å². The zero-order valence-corrected chi connectivity index (χ0v) is 25.0. The van der Waals surface area contributed by atoms with Gasteiger partial charge in [-0.15, -0.1) is 0 Å². The minimum absolute atomic E-state index is 0.174. The third kappa shape index (κ3) is 3.67. The standard InChI is InChI=1S/C42H27BN2O/c1-2-13-32(14-3-1)44-38-19-8-5-17-35(38)36-26-30(21-23-39(36)44)28-11-10-12-29(25-28)31-22-24-41-42(27-31)46-43-37-18-7-4-15-33(37)34-16-6-9-20-40(34)45(41)43/h1-27H. The zero-order chi connectivity index (χ0) is 30.2. The fourth-order valence-electron chi connectivity index (χ4n) is 7.50. The van der Waals surface area contributed by atoms with Gasteiger partial charge in [0.2, 0.25) is 0 Å². The first-order valence-corrected chi connectivity index (χ1v) is 15.8. The lowest BCUT2D eigenvalue weighted by Crippen LogP contribution is -2.50. The van der Waals surface area contributed by atoms with Gasteiger partial charge in [0.15, 0.2) is 0 Å². The Kier molecular flexibility index (Phi) is 5.37. The number of aromatic nitrogens is 1. The molecule has 214 valence electrons. The molecule has 0 saturated carbocycles. The van der Waals surface area contributed by atoms with Crippen molar-refractivity contribution in [2.24, 2.45) is 0 Å². The van der Waals surface area contributed by atoms with Gasteiger partial charge in [0.25, 0.3) is 0 Å². The van der Waals surface area contributed by atoms with Crippen molar-refractivity contribution in [3.63, 3.8) is 0 Å². The van der Waals surface area contributed by atoms with Gasteiger partial charge in [-0.2, -0.15) is 0 Å². The van der Waals surface area contributed by atoms with Crippen LogP contribution in [0.15, 0.2) is 164 Å². The van der Waals surface area contributed by atoms with Crippen LogP contribution in [-0.4, -0.2) is 11.6 Å². The molecule has 0 radical (unpaired) electrons. The van der Waals surface area contributed by atoms with Crippen molar-refractivity contribution >= 4 is 45.7 Å². The molecule has 0 spiro atoms. The van der Waals surface area contributed by atoms with Crippen molar-refractivity contribution in [3.8, 4) is 44.8 Å². The zero-order valence-electron chi connectivity index (χ0n) is 25.0. The molecule has 0 atom stereocenters. The van der Waals surface area contributed by atoms with Crippen LogP contribution in [0, 0.1) is 0 Å². The molecule has 8 aromatic rings. The van der Waals surface area contributed by atoms with Crippen molar-refractivity contribution in [2.75, 3.05) is 4.81 Å². The van der Waals surface area contributed by atoms with Crippen molar-refractivity contribution in [3.05, 3.63) is 164 Å². The average Bonchev–Trinajstić information content (AvgIpc) is 3.68. The van der Waals surface area contributed by atoms with E-state index in [0.717, 1.165) is 17.0 Å². The van der Waals surface area contributed by atoms with Crippen LogP contribution in [-0.2, 0) is 0 Å². The number of nitrogens with zero attached hydrogens (tertiary/aromatic N) is 2. The number of hydrogen-bond acceptors (Lipinski definition) is 2. The van der Waals surface area contributed by atoms with Crippen LogP contribution in [0.1, 0.15) is 0 Å². The summed E-state index contributed by atoms with van der Waals surface area (Å²) in [5.74, 6) is 0.912. The summed E-state index contributed by atoms with van der Waals surface area (Å²) in [4.78, 5) is 2.34. The van der Waals surface area contributed by atoms with Crippen LogP contribution in [0.4, 0.5) is 11.4 Å². The van der Waals surface area contributed by atoms with Gasteiger partial charge in [-0.25, -0.2) is 0 Å². The molecule has 0 amide bonds. The van der Waals surface area contributed by atoms with Crippen LogP contribution < -0.4 is 14.9 Å². The number of hydrogen-bond donors (Lipinski definition) is 0. The molecule has 1 aromatic heterocycles. The van der Waals surface area contributed by atoms with E-state index < -0.39 is 0 Å². The lowest BCUT2D eigenvalue weighted by Gasteiger charge is -2.31. The predicted octanol–water partition coefficient (Wildman–Crippen LogP) is 10.0. The molecule has 0 aliphatic carbocycles. The molecule has 3 heterocycles. The third-order valence-electron chi connectivity index (χ3n) is 9.59. The van der Waals surface area contributed by atoms with Crippen molar-refractivity contribution < 1.29 is 4.65 Å². The minimum atomic E-state index is -0.174. The summed E-state index contributed by atoms with van der Waals surface area (Å²) in [5, 5.41) is 2.51. The molecule has 0 fully saturated rings. The Hall–Kier alpha value is -6.00. The first-order valence-electron chi connectivity index (χ1n) is 15.8. The van der Waals surface area contributed by atoms with Crippen molar-refractivity contribution in [1.82, 2.24) is 4.57 Å². The molecular weight excluding hydrogens is 559 g/mol. The molecule has 0 saturated heterocycles. The van der Waals surface area contributed by atoms with E-state index in [0.29, 0.717) is 0 Å². The number of anilines is 2. The second-order valence-corrected chi connectivity index (χ2v) is 12.1. The van der Waals surface area contributed by atoms with E-state index in [9.17, 15) is 0 Å². The Balaban J connectivity index is 1.05. The number of rotatable bonds is 3. The molecule has 0 unspecified atom stereocenters. The second-order valence-electron chi connectivity index (χ2n) is 12.1. The maximum atomic E-state index is 6.72. The quantitative estimate of drug-likeness (QED) is 0.192. The van der Waals surface area contributed by atoms with E-state index in [1.165, 1.54) is 66.5 Å². The van der Waals surface area contributed by atoms with Crippen LogP contribution in [0.25, 0.3) is 60.9 Å². The average molecular weight is 587 g/mol. The number of benzene rings is 7. The highest BCUT2D eigenvalue weighted by Crippen LogP contribution is 2.48. The van der Waals surface area contributed by atoms with Crippen molar-refractivity contribution in [2.45, 2.75) is 0 Å².